The third-order valence-electron chi connectivity index (χ3n) is 5.08. The third-order valence-corrected chi connectivity index (χ3v) is 5.08. The van der Waals surface area contributed by atoms with Gasteiger partial charge < -0.3 is 20.3 Å². The molecule has 0 aliphatic heterocycles. The Bertz CT molecular complexity index is 296. The monoisotopic (exact) mass is 275 g/mol. The molecule has 0 amide bonds. The zero-order valence-corrected chi connectivity index (χ0v) is 14.1. The molecule has 0 aromatic rings. The van der Waals surface area contributed by atoms with Crippen LogP contribution in [0.3, 0.4) is 0 Å². The predicted molar refractivity (Wildman–Crippen MR) is 79.2 cm³/mol. The molecule has 0 aromatic carbocycles. The molecule has 1 atom stereocenters. The highest BCUT2D eigenvalue weighted by Crippen LogP contribution is 2.42. The topological polar surface area (TPSA) is 64.7 Å². The fourth-order valence-corrected chi connectivity index (χ4v) is 1.83. The first-order valence-electron chi connectivity index (χ1n) is 6.88. The number of aliphatic hydroxyl groups excluding tert-OH is 1. The molecule has 19 heavy (non-hydrogen) atoms. The molecule has 0 saturated carbocycles. The van der Waals surface area contributed by atoms with E-state index in [0.29, 0.717) is 0 Å². The molecule has 4 heteroatoms. The minimum atomic E-state index is -0.621. The molecule has 4 nitrogen and oxygen atoms in total. The molecule has 0 aliphatic rings. The number of hydrogen-bond acceptors (Lipinski definition) is 4. The lowest BCUT2D eigenvalue weighted by atomic mass is 9.71. The van der Waals surface area contributed by atoms with E-state index in [2.05, 4.69) is 0 Å². The Labute approximate surface area is 118 Å². The van der Waals surface area contributed by atoms with Crippen LogP contribution in [0.5, 0.6) is 0 Å². The van der Waals surface area contributed by atoms with Crippen LogP contribution in [-0.2, 0) is 9.47 Å². The quantitative estimate of drug-likeness (QED) is 0.748. The number of hydrogen-bond donors (Lipinski definition) is 2. The van der Waals surface area contributed by atoms with E-state index in [1.165, 1.54) is 0 Å². The second kappa shape index (κ2) is 5.68. The van der Waals surface area contributed by atoms with Crippen molar-refractivity contribution in [3.05, 3.63) is 0 Å². The predicted octanol–water partition coefficient (Wildman–Crippen LogP) is 2.33. The van der Waals surface area contributed by atoms with E-state index in [1.54, 1.807) is 7.11 Å². The lowest BCUT2D eigenvalue weighted by molar-refractivity contribution is -0.252. The highest BCUT2D eigenvalue weighted by atomic mass is 16.6. The SMILES string of the molecule is COC(C)(C)C(C)(C)OC(C)(C)C(C)(C)C(O)CN. The van der Waals surface area contributed by atoms with Crippen LogP contribution in [0.2, 0.25) is 0 Å². The maximum Gasteiger partial charge on any atom is 0.0916 e. The normalized spacial score (nSPS) is 16.6. The molecule has 0 spiro atoms. The summed E-state index contributed by atoms with van der Waals surface area (Å²) in [6.07, 6.45) is -0.621. The molecule has 0 bridgehead atoms. The van der Waals surface area contributed by atoms with E-state index in [-0.39, 0.29) is 6.54 Å². The van der Waals surface area contributed by atoms with E-state index >= 15 is 0 Å². The lowest BCUT2D eigenvalue weighted by Crippen LogP contribution is -2.59. The standard InChI is InChI=1S/C15H33NO3/c1-12(2,11(17)10-16)13(3,4)19-15(7,8)14(5,6)18-9/h11,17H,10,16H2,1-9H3. The molecular weight excluding hydrogens is 242 g/mol. The van der Waals surface area contributed by atoms with Gasteiger partial charge in [0, 0.05) is 19.1 Å². The fourth-order valence-electron chi connectivity index (χ4n) is 1.83. The van der Waals surface area contributed by atoms with Crippen LogP contribution < -0.4 is 5.73 Å². The summed E-state index contributed by atoms with van der Waals surface area (Å²) in [7, 11) is 1.68. The summed E-state index contributed by atoms with van der Waals surface area (Å²) in [5.74, 6) is 0. The molecule has 3 N–H and O–H groups in total. The summed E-state index contributed by atoms with van der Waals surface area (Å²) in [6, 6.07) is 0. The fraction of sp³-hybridized carbons (Fsp3) is 1.00. The average Bonchev–Trinajstić information content (AvgIpc) is 2.25. The van der Waals surface area contributed by atoms with Crippen LogP contribution in [0.25, 0.3) is 0 Å². The van der Waals surface area contributed by atoms with Gasteiger partial charge in [0.15, 0.2) is 0 Å². The molecule has 0 aliphatic carbocycles. The molecule has 0 heterocycles. The Morgan fingerprint density at radius 1 is 0.895 bits per heavy atom. The second-order valence-corrected chi connectivity index (χ2v) is 7.31. The van der Waals surface area contributed by atoms with E-state index in [9.17, 15) is 5.11 Å². The average molecular weight is 275 g/mol. The van der Waals surface area contributed by atoms with E-state index < -0.39 is 28.3 Å². The highest BCUT2D eigenvalue weighted by molar-refractivity contribution is 4.98. The smallest absolute Gasteiger partial charge is 0.0916 e. The Kier molecular flexibility index (Phi) is 5.63. The Balaban J connectivity index is 5.26. The van der Waals surface area contributed by atoms with Crippen LogP contribution in [-0.4, -0.2) is 41.7 Å². The van der Waals surface area contributed by atoms with Gasteiger partial charge in [-0.3, -0.25) is 0 Å². The van der Waals surface area contributed by atoms with Crippen molar-refractivity contribution in [2.75, 3.05) is 13.7 Å². The zero-order valence-electron chi connectivity index (χ0n) is 14.1. The molecule has 0 radical (unpaired) electrons. The van der Waals surface area contributed by atoms with Gasteiger partial charge in [0.25, 0.3) is 0 Å². The Hall–Kier alpha value is -0.160. The van der Waals surface area contributed by atoms with Gasteiger partial charge in [-0.05, 0) is 41.5 Å². The third kappa shape index (κ3) is 3.69. The largest absolute Gasteiger partial charge is 0.391 e. The van der Waals surface area contributed by atoms with Crippen molar-refractivity contribution in [2.45, 2.75) is 78.3 Å². The van der Waals surface area contributed by atoms with Gasteiger partial charge in [-0.25, -0.2) is 0 Å². The first-order valence-corrected chi connectivity index (χ1v) is 6.88. The summed E-state index contributed by atoms with van der Waals surface area (Å²) in [4.78, 5) is 0. The number of ether oxygens (including phenoxy) is 2. The number of nitrogens with two attached hydrogens (primary N) is 1. The highest BCUT2D eigenvalue weighted by Gasteiger charge is 2.49. The van der Waals surface area contributed by atoms with Crippen LogP contribution in [0.4, 0.5) is 0 Å². The summed E-state index contributed by atoms with van der Waals surface area (Å²) >= 11 is 0. The lowest BCUT2D eigenvalue weighted by Gasteiger charge is -2.51. The molecule has 116 valence electrons. The van der Waals surface area contributed by atoms with Crippen molar-refractivity contribution in [3.8, 4) is 0 Å². The number of methoxy groups -OCH3 is 1. The minimum absolute atomic E-state index is 0.216. The van der Waals surface area contributed by atoms with Gasteiger partial charge in [-0.15, -0.1) is 0 Å². The Morgan fingerprint density at radius 2 is 1.32 bits per heavy atom. The first-order chi connectivity index (χ1) is 8.25. The van der Waals surface area contributed by atoms with Crippen molar-refractivity contribution in [1.29, 1.82) is 0 Å². The van der Waals surface area contributed by atoms with E-state index in [1.807, 2.05) is 55.4 Å². The van der Waals surface area contributed by atoms with Gasteiger partial charge in [-0.2, -0.15) is 0 Å². The van der Waals surface area contributed by atoms with Gasteiger partial charge in [0.2, 0.25) is 0 Å². The second-order valence-electron chi connectivity index (χ2n) is 7.31. The van der Waals surface area contributed by atoms with Crippen molar-refractivity contribution >= 4 is 0 Å². The molecule has 0 fully saturated rings. The minimum Gasteiger partial charge on any atom is -0.391 e. The Morgan fingerprint density at radius 3 is 1.63 bits per heavy atom. The van der Waals surface area contributed by atoms with Gasteiger partial charge in [0.1, 0.15) is 0 Å². The van der Waals surface area contributed by atoms with E-state index in [0.717, 1.165) is 0 Å². The van der Waals surface area contributed by atoms with E-state index in [4.69, 9.17) is 15.2 Å². The van der Waals surface area contributed by atoms with Crippen LogP contribution in [0, 0.1) is 5.41 Å². The summed E-state index contributed by atoms with van der Waals surface area (Å²) in [6.45, 7) is 16.1. The van der Waals surface area contributed by atoms with Crippen LogP contribution >= 0.6 is 0 Å². The van der Waals surface area contributed by atoms with Crippen LogP contribution in [0.1, 0.15) is 55.4 Å². The molecular formula is C15H33NO3. The molecule has 0 rings (SSSR count). The first kappa shape index (κ1) is 18.8. The van der Waals surface area contributed by atoms with Crippen molar-refractivity contribution in [2.24, 2.45) is 11.1 Å². The molecule has 0 aromatic heterocycles. The summed E-state index contributed by atoms with van der Waals surface area (Å²) in [5.41, 5.74) is 3.64. The van der Waals surface area contributed by atoms with Crippen molar-refractivity contribution in [3.63, 3.8) is 0 Å². The van der Waals surface area contributed by atoms with Crippen LogP contribution in [0.15, 0.2) is 0 Å². The van der Waals surface area contributed by atoms with Gasteiger partial charge in [-0.1, -0.05) is 13.8 Å². The zero-order chi connectivity index (χ0) is 15.7. The summed E-state index contributed by atoms with van der Waals surface area (Å²) < 4.78 is 11.9. The molecule has 1 unspecified atom stereocenters. The van der Waals surface area contributed by atoms with Gasteiger partial charge >= 0.3 is 0 Å². The number of aliphatic hydroxyl groups is 1. The van der Waals surface area contributed by atoms with Crippen molar-refractivity contribution < 1.29 is 14.6 Å². The van der Waals surface area contributed by atoms with Crippen molar-refractivity contribution in [1.82, 2.24) is 0 Å². The number of rotatable bonds is 7. The summed E-state index contributed by atoms with van der Waals surface area (Å²) in [5, 5.41) is 10.1. The maximum absolute atomic E-state index is 10.1. The maximum atomic E-state index is 10.1. The molecule has 0 saturated heterocycles. The van der Waals surface area contributed by atoms with Gasteiger partial charge in [0.05, 0.1) is 22.9 Å².